The molecule has 0 unspecified atom stereocenters. The first-order valence-corrected chi connectivity index (χ1v) is 7.15. The molecule has 0 saturated carbocycles. The summed E-state index contributed by atoms with van der Waals surface area (Å²) in [4.78, 5) is 0. The van der Waals surface area contributed by atoms with Crippen LogP contribution in [-0.4, -0.2) is 0 Å². The third kappa shape index (κ3) is 2.34. The molecule has 3 heteroatoms. The monoisotopic (exact) mass is 277 g/mol. The summed E-state index contributed by atoms with van der Waals surface area (Å²) < 4.78 is 3.48. The number of aryl methyl sites for hydroxylation is 1. The van der Waals surface area contributed by atoms with Gasteiger partial charge in [0.25, 0.3) is 5.01 Å². The summed E-state index contributed by atoms with van der Waals surface area (Å²) in [6.07, 6.45) is 4.19. The molecule has 3 rings (SSSR count). The zero-order valence-electron chi connectivity index (χ0n) is 11.1. The van der Waals surface area contributed by atoms with E-state index in [0.29, 0.717) is 5.56 Å². The van der Waals surface area contributed by atoms with Crippen LogP contribution in [0, 0.1) is 11.3 Å². The molecule has 1 heterocycles. The predicted molar refractivity (Wildman–Crippen MR) is 83.1 cm³/mol. The number of hydrogen-bond donors (Lipinski definition) is 0. The van der Waals surface area contributed by atoms with E-state index < -0.39 is 0 Å². The van der Waals surface area contributed by atoms with Gasteiger partial charge >= 0.3 is 0 Å². The number of fused-ring (bicyclic) bond motifs is 1. The fraction of sp³-hybridized carbons (Fsp3) is 0.0588. The number of rotatable bonds is 2. The van der Waals surface area contributed by atoms with Gasteiger partial charge in [-0.25, -0.2) is 0 Å². The summed E-state index contributed by atoms with van der Waals surface area (Å²) in [7, 11) is 2.08. The quantitative estimate of drug-likeness (QED) is 0.655. The van der Waals surface area contributed by atoms with Crippen LogP contribution in [0.4, 0.5) is 0 Å². The zero-order valence-corrected chi connectivity index (χ0v) is 11.9. The predicted octanol–water partition coefficient (Wildman–Crippen LogP) is 3.77. The molecule has 0 aliphatic rings. The van der Waals surface area contributed by atoms with Crippen LogP contribution in [0.3, 0.4) is 0 Å². The fourth-order valence-corrected chi connectivity index (χ4v) is 3.16. The minimum atomic E-state index is 0.689. The lowest BCUT2D eigenvalue weighted by Gasteiger charge is -1.92. The van der Waals surface area contributed by atoms with Crippen LogP contribution in [0.2, 0.25) is 0 Å². The van der Waals surface area contributed by atoms with E-state index in [0.717, 1.165) is 5.56 Å². The number of aromatic nitrogens is 1. The van der Waals surface area contributed by atoms with E-state index >= 15 is 0 Å². The Labute approximate surface area is 121 Å². The molecule has 0 N–H and O–H groups in total. The maximum Gasteiger partial charge on any atom is 0.262 e. The van der Waals surface area contributed by atoms with E-state index in [2.05, 4.69) is 54.1 Å². The van der Waals surface area contributed by atoms with Crippen molar-refractivity contribution in [3.63, 3.8) is 0 Å². The second kappa shape index (κ2) is 5.28. The van der Waals surface area contributed by atoms with Gasteiger partial charge in [-0.2, -0.15) is 9.83 Å². The summed E-state index contributed by atoms with van der Waals surface area (Å²) in [5, 5.41) is 9.99. The number of para-hydroxylation sites is 1. The molecule has 0 aliphatic carbocycles. The number of hydrogen-bond acceptors (Lipinski definition) is 2. The Kier molecular flexibility index (Phi) is 3.32. The van der Waals surface area contributed by atoms with Gasteiger partial charge in [-0.3, -0.25) is 0 Å². The molecule has 0 amide bonds. The molecule has 0 spiro atoms. The van der Waals surface area contributed by atoms with Crippen molar-refractivity contribution in [3.05, 3.63) is 64.7 Å². The summed E-state index contributed by atoms with van der Waals surface area (Å²) in [6, 6.07) is 18.1. The minimum absolute atomic E-state index is 0.689. The van der Waals surface area contributed by atoms with Crippen LogP contribution in [0.15, 0.2) is 48.5 Å². The Balaban J connectivity index is 1.94. The van der Waals surface area contributed by atoms with Crippen LogP contribution in [0.25, 0.3) is 22.4 Å². The third-order valence-electron chi connectivity index (χ3n) is 3.23. The standard InChI is InChI=1S/C17H13N2S/c1-19-15-4-2-3-5-16(15)20-17(19)11-10-13-6-8-14(12-18)9-7-13/h2-11H,1H3/q+1. The van der Waals surface area contributed by atoms with Gasteiger partial charge in [-0.05, 0) is 29.8 Å². The molecule has 0 fully saturated rings. The van der Waals surface area contributed by atoms with Crippen LogP contribution >= 0.6 is 11.3 Å². The molecule has 0 radical (unpaired) electrons. The summed E-state index contributed by atoms with van der Waals surface area (Å²) in [6.45, 7) is 0. The Hall–Kier alpha value is -2.44. The fourth-order valence-electron chi connectivity index (χ4n) is 2.10. The van der Waals surface area contributed by atoms with Gasteiger partial charge in [0.15, 0.2) is 0 Å². The van der Waals surface area contributed by atoms with Gasteiger partial charge in [-0.15, -0.1) is 0 Å². The van der Waals surface area contributed by atoms with Crippen molar-refractivity contribution < 1.29 is 4.57 Å². The van der Waals surface area contributed by atoms with Crippen LogP contribution in [0.5, 0.6) is 0 Å². The van der Waals surface area contributed by atoms with E-state index in [4.69, 9.17) is 5.26 Å². The van der Waals surface area contributed by atoms with Gasteiger partial charge in [0.05, 0.1) is 11.6 Å². The lowest BCUT2D eigenvalue weighted by atomic mass is 10.1. The van der Waals surface area contributed by atoms with Crippen molar-refractivity contribution in [1.82, 2.24) is 0 Å². The van der Waals surface area contributed by atoms with Crippen molar-refractivity contribution in [2.45, 2.75) is 0 Å². The zero-order chi connectivity index (χ0) is 13.9. The topological polar surface area (TPSA) is 27.7 Å². The summed E-state index contributed by atoms with van der Waals surface area (Å²) in [5.41, 5.74) is 3.04. The van der Waals surface area contributed by atoms with Crippen molar-refractivity contribution in [2.24, 2.45) is 7.05 Å². The summed E-state index contributed by atoms with van der Waals surface area (Å²) >= 11 is 1.77. The molecule has 0 aliphatic heterocycles. The van der Waals surface area contributed by atoms with Gasteiger partial charge in [0.1, 0.15) is 11.7 Å². The average molecular weight is 277 g/mol. The van der Waals surface area contributed by atoms with Crippen molar-refractivity contribution in [1.29, 1.82) is 5.26 Å². The maximum atomic E-state index is 8.78. The molecule has 3 aromatic rings. The van der Waals surface area contributed by atoms with Gasteiger partial charge in [-0.1, -0.05) is 35.6 Å². The lowest BCUT2D eigenvalue weighted by Crippen LogP contribution is -2.28. The highest BCUT2D eigenvalue weighted by Crippen LogP contribution is 2.21. The van der Waals surface area contributed by atoms with E-state index in [-0.39, 0.29) is 0 Å². The molecular weight excluding hydrogens is 264 g/mol. The molecule has 0 atom stereocenters. The highest BCUT2D eigenvalue weighted by atomic mass is 32.1. The molecule has 20 heavy (non-hydrogen) atoms. The number of nitrogens with zero attached hydrogens (tertiary/aromatic N) is 2. The Morgan fingerprint density at radius 2 is 1.80 bits per heavy atom. The number of thiazole rings is 1. The molecule has 96 valence electrons. The smallest absolute Gasteiger partial charge is 0.192 e. The first-order chi connectivity index (χ1) is 9.78. The SMILES string of the molecule is C[n+]1c(C=Cc2ccc(C#N)cc2)sc2ccccc21. The first kappa shape index (κ1) is 12.6. The molecule has 2 nitrogen and oxygen atoms in total. The lowest BCUT2D eigenvalue weighted by molar-refractivity contribution is -0.642. The maximum absolute atomic E-state index is 8.78. The van der Waals surface area contributed by atoms with Crippen LogP contribution in [-0.2, 0) is 7.05 Å². The molecule has 1 aromatic heterocycles. The second-order valence-corrected chi connectivity index (χ2v) is 5.60. The molecular formula is C17H13N2S+. The van der Waals surface area contributed by atoms with Crippen molar-refractivity contribution in [3.8, 4) is 6.07 Å². The van der Waals surface area contributed by atoms with E-state index in [1.54, 1.807) is 11.3 Å². The Bertz CT molecular complexity index is 820. The Morgan fingerprint density at radius 3 is 2.50 bits per heavy atom. The van der Waals surface area contributed by atoms with Gasteiger partial charge in [0.2, 0.25) is 5.52 Å². The van der Waals surface area contributed by atoms with Crippen molar-refractivity contribution >= 4 is 33.7 Å². The van der Waals surface area contributed by atoms with E-state index in [1.807, 2.05) is 24.3 Å². The Morgan fingerprint density at radius 1 is 1.05 bits per heavy atom. The summed E-state index contributed by atoms with van der Waals surface area (Å²) in [5.74, 6) is 0. The van der Waals surface area contributed by atoms with Crippen LogP contribution < -0.4 is 4.57 Å². The number of benzene rings is 2. The molecule has 2 aromatic carbocycles. The normalized spacial score (nSPS) is 11.0. The van der Waals surface area contributed by atoms with Crippen LogP contribution in [0.1, 0.15) is 16.1 Å². The second-order valence-electron chi connectivity index (χ2n) is 4.53. The average Bonchev–Trinajstić information content (AvgIpc) is 2.83. The molecule has 0 saturated heterocycles. The van der Waals surface area contributed by atoms with Crippen molar-refractivity contribution in [2.75, 3.05) is 0 Å². The number of nitriles is 1. The largest absolute Gasteiger partial charge is 0.262 e. The van der Waals surface area contributed by atoms with E-state index in [9.17, 15) is 0 Å². The highest BCUT2D eigenvalue weighted by Gasteiger charge is 2.12. The third-order valence-corrected chi connectivity index (χ3v) is 4.41. The van der Waals surface area contributed by atoms with E-state index in [1.165, 1.54) is 15.2 Å². The van der Waals surface area contributed by atoms with Gasteiger partial charge < -0.3 is 0 Å². The van der Waals surface area contributed by atoms with Gasteiger partial charge in [0, 0.05) is 12.1 Å². The highest BCUT2D eigenvalue weighted by molar-refractivity contribution is 7.18. The minimum Gasteiger partial charge on any atom is -0.192 e. The molecule has 0 bridgehead atoms. The first-order valence-electron chi connectivity index (χ1n) is 6.34.